The van der Waals surface area contributed by atoms with E-state index >= 15 is 0 Å². The van der Waals surface area contributed by atoms with Gasteiger partial charge in [0.2, 0.25) is 0 Å². The SMILES string of the molecule is CC(C)(C)C(O)C(C#N)c1ccc2c(c1)OCCO2. The van der Waals surface area contributed by atoms with Gasteiger partial charge in [-0.05, 0) is 23.1 Å². The van der Waals surface area contributed by atoms with E-state index in [4.69, 9.17) is 9.47 Å². The van der Waals surface area contributed by atoms with Crippen LogP contribution in [0.1, 0.15) is 32.3 Å². The van der Waals surface area contributed by atoms with Crippen molar-refractivity contribution >= 4 is 0 Å². The van der Waals surface area contributed by atoms with Crippen LogP contribution >= 0.6 is 0 Å². The van der Waals surface area contributed by atoms with Gasteiger partial charge in [0.1, 0.15) is 13.2 Å². The molecule has 4 heteroatoms. The number of aliphatic hydroxyl groups is 1. The number of benzene rings is 1. The van der Waals surface area contributed by atoms with Crippen LogP contribution in [0.5, 0.6) is 11.5 Å². The molecule has 19 heavy (non-hydrogen) atoms. The van der Waals surface area contributed by atoms with Crippen molar-refractivity contribution in [2.75, 3.05) is 13.2 Å². The lowest BCUT2D eigenvalue weighted by Gasteiger charge is -2.30. The second-order valence-corrected chi connectivity index (χ2v) is 5.82. The Bertz CT molecular complexity index is 499. The van der Waals surface area contributed by atoms with Gasteiger partial charge in [-0.3, -0.25) is 0 Å². The van der Waals surface area contributed by atoms with Crippen LogP contribution < -0.4 is 9.47 Å². The van der Waals surface area contributed by atoms with E-state index in [1.165, 1.54) is 0 Å². The smallest absolute Gasteiger partial charge is 0.161 e. The average Bonchev–Trinajstić information content (AvgIpc) is 2.38. The highest BCUT2D eigenvalue weighted by molar-refractivity contribution is 5.46. The summed E-state index contributed by atoms with van der Waals surface area (Å²) in [6.45, 7) is 6.80. The summed E-state index contributed by atoms with van der Waals surface area (Å²) in [5.41, 5.74) is 0.405. The number of nitrogens with zero attached hydrogens (tertiary/aromatic N) is 1. The third-order valence-corrected chi connectivity index (χ3v) is 3.27. The Morgan fingerprint density at radius 2 is 1.84 bits per heavy atom. The molecule has 1 aliphatic rings. The van der Waals surface area contributed by atoms with E-state index in [2.05, 4.69) is 6.07 Å². The lowest BCUT2D eigenvalue weighted by atomic mass is 9.79. The molecule has 0 aromatic heterocycles. The maximum absolute atomic E-state index is 10.3. The van der Waals surface area contributed by atoms with Gasteiger partial charge in [-0.15, -0.1) is 0 Å². The first kappa shape index (κ1) is 13.7. The summed E-state index contributed by atoms with van der Waals surface area (Å²) >= 11 is 0. The second-order valence-electron chi connectivity index (χ2n) is 5.82. The van der Waals surface area contributed by atoms with E-state index in [9.17, 15) is 10.4 Å². The average molecular weight is 261 g/mol. The van der Waals surface area contributed by atoms with E-state index in [1.807, 2.05) is 26.8 Å². The summed E-state index contributed by atoms with van der Waals surface area (Å²) in [6.07, 6.45) is -0.736. The van der Waals surface area contributed by atoms with E-state index in [0.717, 1.165) is 5.56 Å². The molecule has 4 nitrogen and oxygen atoms in total. The van der Waals surface area contributed by atoms with Crippen LogP contribution in [0, 0.1) is 16.7 Å². The van der Waals surface area contributed by atoms with Crippen molar-refractivity contribution in [3.8, 4) is 17.6 Å². The Kier molecular flexibility index (Phi) is 3.68. The minimum atomic E-state index is -0.736. The fourth-order valence-electron chi connectivity index (χ4n) is 2.08. The molecule has 0 aliphatic carbocycles. The van der Waals surface area contributed by atoms with Crippen LogP contribution in [-0.2, 0) is 0 Å². The number of rotatable bonds is 2. The molecule has 1 aliphatic heterocycles. The third-order valence-electron chi connectivity index (χ3n) is 3.27. The number of aliphatic hydroxyl groups excluding tert-OH is 1. The minimum Gasteiger partial charge on any atom is -0.486 e. The topological polar surface area (TPSA) is 62.5 Å². The second kappa shape index (κ2) is 5.10. The van der Waals surface area contributed by atoms with Gasteiger partial charge in [0, 0.05) is 0 Å². The van der Waals surface area contributed by atoms with E-state index in [-0.39, 0.29) is 5.41 Å². The Balaban J connectivity index is 2.32. The molecule has 0 amide bonds. The molecule has 102 valence electrons. The molecule has 1 aromatic rings. The molecule has 1 N–H and O–H groups in total. The number of nitriles is 1. The highest BCUT2D eigenvalue weighted by atomic mass is 16.6. The number of fused-ring (bicyclic) bond motifs is 1. The van der Waals surface area contributed by atoms with Gasteiger partial charge < -0.3 is 14.6 Å². The molecule has 0 radical (unpaired) electrons. The van der Waals surface area contributed by atoms with Gasteiger partial charge in [-0.25, -0.2) is 0 Å². The predicted molar refractivity (Wildman–Crippen MR) is 71.2 cm³/mol. The van der Waals surface area contributed by atoms with Crippen molar-refractivity contribution < 1.29 is 14.6 Å². The van der Waals surface area contributed by atoms with Gasteiger partial charge >= 0.3 is 0 Å². The summed E-state index contributed by atoms with van der Waals surface area (Å²) in [7, 11) is 0. The Morgan fingerprint density at radius 1 is 1.21 bits per heavy atom. The summed E-state index contributed by atoms with van der Waals surface area (Å²) in [5.74, 6) is 0.762. The molecule has 0 bridgehead atoms. The van der Waals surface area contributed by atoms with Crippen LogP contribution in [0.25, 0.3) is 0 Å². The predicted octanol–water partition coefficient (Wildman–Crippen LogP) is 2.47. The van der Waals surface area contributed by atoms with Crippen LogP contribution in [0.4, 0.5) is 0 Å². The van der Waals surface area contributed by atoms with E-state index < -0.39 is 12.0 Å². The molecule has 0 spiro atoms. The molecule has 0 fully saturated rings. The first-order valence-corrected chi connectivity index (χ1v) is 6.40. The van der Waals surface area contributed by atoms with Crippen LogP contribution in [0.2, 0.25) is 0 Å². The summed E-state index contributed by atoms with van der Waals surface area (Å²) in [5, 5.41) is 19.6. The molecular weight excluding hydrogens is 242 g/mol. The molecule has 0 saturated heterocycles. The fraction of sp³-hybridized carbons (Fsp3) is 0.533. The largest absolute Gasteiger partial charge is 0.486 e. The molecular formula is C15H19NO3. The van der Waals surface area contributed by atoms with Crippen molar-refractivity contribution in [3.63, 3.8) is 0 Å². The monoisotopic (exact) mass is 261 g/mol. The van der Waals surface area contributed by atoms with E-state index in [1.54, 1.807) is 12.1 Å². The normalized spacial score (nSPS) is 17.4. The fourth-order valence-corrected chi connectivity index (χ4v) is 2.08. The highest BCUT2D eigenvalue weighted by Crippen LogP contribution is 2.37. The van der Waals surface area contributed by atoms with Crippen molar-refractivity contribution in [3.05, 3.63) is 23.8 Å². The zero-order valence-corrected chi connectivity index (χ0v) is 11.5. The molecule has 1 heterocycles. The van der Waals surface area contributed by atoms with E-state index in [0.29, 0.717) is 24.7 Å². The Hall–Kier alpha value is -1.73. The molecule has 2 atom stereocenters. The standard InChI is InChI=1S/C15H19NO3/c1-15(2,3)14(17)11(9-16)10-4-5-12-13(8-10)19-7-6-18-12/h4-5,8,11,14,17H,6-7H2,1-3H3. The van der Waals surface area contributed by atoms with Gasteiger partial charge in [0.05, 0.1) is 18.1 Å². The number of hydrogen-bond donors (Lipinski definition) is 1. The number of ether oxygens (including phenoxy) is 2. The van der Waals surface area contributed by atoms with Gasteiger partial charge in [0.15, 0.2) is 11.5 Å². The van der Waals surface area contributed by atoms with Crippen LogP contribution in [-0.4, -0.2) is 24.4 Å². The zero-order chi connectivity index (χ0) is 14.0. The van der Waals surface area contributed by atoms with Gasteiger partial charge in [0.25, 0.3) is 0 Å². The van der Waals surface area contributed by atoms with Gasteiger partial charge in [-0.1, -0.05) is 26.8 Å². The van der Waals surface area contributed by atoms with Crippen LogP contribution in [0.3, 0.4) is 0 Å². The van der Waals surface area contributed by atoms with Gasteiger partial charge in [-0.2, -0.15) is 5.26 Å². The lowest BCUT2D eigenvalue weighted by Crippen LogP contribution is -2.31. The molecule has 2 rings (SSSR count). The summed E-state index contributed by atoms with van der Waals surface area (Å²) < 4.78 is 11.0. The summed E-state index contributed by atoms with van der Waals surface area (Å²) in [4.78, 5) is 0. The molecule has 1 aromatic carbocycles. The van der Waals surface area contributed by atoms with Crippen molar-refractivity contribution in [1.82, 2.24) is 0 Å². The molecule has 2 unspecified atom stereocenters. The quantitative estimate of drug-likeness (QED) is 0.888. The highest BCUT2D eigenvalue weighted by Gasteiger charge is 2.32. The Labute approximate surface area is 113 Å². The van der Waals surface area contributed by atoms with Crippen LogP contribution in [0.15, 0.2) is 18.2 Å². The first-order chi connectivity index (χ1) is 8.93. The first-order valence-electron chi connectivity index (χ1n) is 6.40. The minimum absolute atomic E-state index is 0.354. The number of hydrogen-bond acceptors (Lipinski definition) is 4. The maximum Gasteiger partial charge on any atom is 0.161 e. The third kappa shape index (κ3) is 2.82. The summed E-state index contributed by atoms with van der Waals surface area (Å²) in [6, 6.07) is 7.59. The van der Waals surface area contributed by atoms with Crippen molar-refractivity contribution in [2.24, 2.45) is 5.41 Å². The van der Waals surface area contributed by atoms with Crippen molar-refractivity contribution in [2.45, 2.75) is 32.8 Å². The Morgan fingerprint density at radius 3 is 2.42 bits per heavy atom. The van der Waals surface area contributed by atoms with Crippen molar-refractivity contribution in [1.29, 1.82) is 5.26 Å². The lowest BCUT2D eigenvalue weighted by molar-refractivity contribution is 0.0526. The zero-order valence-electron chi connectivity index (χ0n) is 11.5. The maximum atomic E-state index is 10.3. The molecule has 0 saturated carbocycles.